The topological polar surface area (TPSA) is 82.8 Å². The summed E-state index contributed by atoms with van der Waals surface area (Å²) >= 11 is 5.55. The SMILES string of the molecule is CC[C@H](C)c1nc2ccc(Br)cc2c(=O)n1N=Cc1ccc(OCC(=O)OC(C)C)c(I)c1. The van der Waals surface area contributed by atoms with Crippen LogP contribution in [-0.4, -0.2) is 34.6 Å². The zero-order valence-corrected chi connectivity index (χ0v) is 22.6. The molecular formula is C24H25BrIN3O4. The van der Waals surface area contributed by atoms with Crippen molar-refractivity contribution in [1.82, 2.24) is 9.66 Å². The average Bonchev–Trinajstić information content (AvgIpc) is 2.77. The number of nitrogens with zero attached hydrogens (tertiary/aromatic N) is 3. The fourth-order valence-corrected chi connectivity index (χ4v) is 4.11. The van der Waals surface area contributed by atoms with E-state index in [0.717, 1.165) is 20.0 Å². The summed E-state index contributed by atoms with van der Waals surface area (Å²) in [6.45, 7) is 7.50. The lowest BCUT2D eigenvalue weighted by atomic mass is 10.1. The molecule has 0 radical (unpaired) electrons. The van der Waals surface area contributed by atoms with Gasteiger partial charge in [-0.25, -0.2) is 9.78 Å². The van der Waals surface area contributed by atoms with Gasteiger partial charge in [0.15, 0.2) is 6.61 Å². The molecule has 0 amide bonds. The predicted molar refractivity (Wildman–Crippen MR) is 141 cm³/mol. The fraction of sp³-hybridized carbons (Fsp3) is 0.333. The number of benzene rings is 2. The van der Waals surface area contributed by atoms with Crippen molar-refractivity contribution in [2.45, 2.75) is 46.1 Å². The molecule has 3 aromatic rings. The Labute approximate surface area is 214 Å². The maximum absolute atomic E-state index is 13.2. The minimum absolute atomic E-state index is 0.0596. The summed E-state index contributed by atoms with van der Waals surface area (Å²) in [4.78, 5) is 29.6. The van der Waals surface area contributed by atoms with Crippen LogP contribution < -0.4 is 10.3 Å². The lowest BCUT2D eigenvalue weighted by molar-refractivity contribution is -0.149. The van der Waals surface area contributed by atoms with E-state index in [-0.39, 0.29) is 24.2 Å². The van der Waals surface area contributed by atoms with Gasteiger partial charge in [-0.1, -0.05) is 29.8 Å². The molecule has 3 rings (SSSR count). The monoisotopic (exact) mass is 625 g/mol. The molecule has 0 unspecified atom stereocenters. The summed E-state index contributed by atoms with van der Waals surface area (Å²) in [6.07, 6.45) is 2.26. The average molecular weight is 626 g/mol. The van der Waals surface area contributed by atoms with Crippen LogP contribution in [0.3, 0.4) is 0 Å². The Kier molecular flexibility index (Phi) is 8.63. The van der Waals surface area contributed by atoms with Gasteiger partial charge in [0.1, 0.15) is 11.6 Å². The molecule has 0 saturated carbocycles. The molecular weight excluding hydrogens is 601 g/mol. The number of hydrogen-bond donors (Lipinski definition) is 0. The quantitative estimate of drug-likeness (QED) is 0.188. The minimum atomic E-state index is -0.418. The molecule has 1 aromatic heterocycles. The number of rotatable bonds is 8. The van der Waals surface area contributed by atoms with Crippen molar-refractivity contribution in [3.05, 3.63) is 66.2 Å². The number of esters is 1. The number of fused-ring (bicyclic) bond motifs is 1. The van der Waals surface area contributed by atoms with Crippen molar-refractivity contribution in [3.63, 3.8) is 0 Å². The lowest BCUT2D eigenvalue weighted by Crippen LogP contribution is -2.23. The van der Waals surface area contributed by atoms with Crippen LogP contribution >= 0.6 is 38.5 Å². The first-order valence-corrected chi connectivity index (χ1v) is 12.4. The fourth-order valence-electron chi connectivity index (χ4n) is 3.05. The van der Waals surface area contributed by atoms with E-state index in [4.69, 9.17) is 14.5 Å². The first kappa shape index (κ1) is 25.4. The largest absolute Gasteiger partial charge is 0.481 e. The molecule has 0 saturated heterocycles. The molecule has 0 aliphatic rings. The molecule has 0 fully saturated rings. The third-order valence-electron chi connectivity index (χ3n) is 4.88. The Morgan fingerprint density at radius 2 is 2.00 bits per heavy atom. The highest BCUT2D eigenvalue weighted by Gasteiger charge is 2.16. The summed E-state index contributed by atoms with van der Waals surface area (Å²) in [5, 5.41) is 4.99. The van der Waals surface area contributed by atoms with Gasteiger partial charge >= 0.3 is 5.97 Å². The highest BCUT2D eigenvalue weighted by atomic mass is 127. The standard InChI is InChI=1S/C24H25BrIN3O4/c1-5-15(4)23-28-20-8-7-17(25)11-18(20)24(31)29(23)27-12-16-6-9-21(19(26)10-16)32-13-22(30)33-14(2)3/h6-12,14-15H,5,13H2,1-4H3/t15-/m0/s1. The molecule has 0 N–H and O–H groups in total. The van der Waals surface area contributed by atoms with Crippen LogP contribution in [0.4, 0.5) is 0 Å². The molecule has 9 heteroatoms. The van der Waals surface area contributed by atoms with Gasteiger partial charge < -0.3 is 9.47 Å². The summed E-state index contributed by atoms with van der Waals surface area (Å²) in [6, 6.07) is 10.9. The van der Waals surface area contributed by atoms with Crippen LogP contribution in [0, 0.1) is 3.57 Å². The molecule has 0 bridgehead atoms. The maximum atomic E-state index is 13.2. The van der Waals surface area contributed by atoms with Crippen LogP contribution in [0.15, 0.2) is 50.8 Å². The second kappa shape index (κ2) is 11.2. The Bertz CT molecular complexity index is 1260. The van der Waals surface area contributed by atoms with Gasteiger partial charge in [-0.15, -0.1) is 0 Å². The smallest absolute Gasteiger partial charge is 0.344 e. The van der Waals surface area contributed by atoms with Gasteiger partial charge in [0, 0.05) is 10.4 Å². The summed E-state index contributed by atoms with van der Waals surface area (Å²) in [7, 11) is 0. The first-order chi connectivity index (χ1) is 15.7. The van der Waals surface area contributed by atoms with E-state index >= 15 is 0 Å². The molecule has 0 spiro atoms. The number of carbonyl (C=O) groups excluding carboxylic acids is 1. The molecule has 2 aromatic carbocycles. The maximum Gasteiger partial charge on any atom is 0.344 e. The molecule has 7 nitrogen and oxygen atoms in total. The summed E-state index contributed by atoms with van der Waals surface area (Å²) < 4.78 is 13.6. The van der Waals surface area contributed by atoms with E-state index in [2.05, 4.69) is 50.5 Å². The van der Waals surface area contributed by atoms with Crippen molar-refractivity contribution in [1.29, 1.82) is 0 Å². The van der Waals surface area contributed by atoms with E-state index in [1.54, 1.807) is 32.2 Å². The van der Waals surface area contributed by atoms with E-state index in [1.807, 2.05) is 31.2 Å². The molecule has 0 aliphatic heterocycles. The van der Waals surface area contributed by atoms with Crippen LogP contribution in [0.1, 0.15) is 51.4 Å². The van der Waals surface area contributed by atoms with Crippen LogP contribution in [-0.2, 0) is 9.53 Å². The highest BCUT2D eigenvalue weighted by Crippen LogP contribution is 2.23. The normalized spacial score (nSPS) is 12.5. The van der Waals surface area contributed by atoms with E-state index < -0.39 is 5.97 Å². The zero-order valence-electron chi connectivity index (χ0n) is 18.8. The van der Waals surface area contributed by atoms with Gasteiger partial charge in [-0.2, -0.15) is 9.78 Å². The van der Waals surface area contributed by atoms with Crippen LogP contribution in [0.2, 0.25) is 0 Å². The minimum Gasteiger partial charge on any atom is -0.481 e. The molecule has 1 atom stereocenters. The van der Waals surface area contributed by atoms with Gasteiger partial charge in [0.25, 0.3) is 5.56 Å². The third kappa shape index (κ3) is 6.41. The number of carbonyl (C=O) groups is 1. The van der Waals surface area contributed by atoms with Gasteiger partial charge in [-0.3, -0.25) is 4.79 Å². The molecule has 174 valence electrons. The number of halogens is 2. The Hall–Kier alpha value is -2.27. The summed E-state index contributed by atoms with van der Waals surface area (Å²) in [5.41, 5.74) is 1.22. The number of aromatic nitrogens is 2. The van der Waals surface area contributed by atoms with Crippen molar-refractivity contribution in [3.8, 4) is 5.75 Å². The second-order valence-electron chi connectivity index (χ2n) is 7.82. The zero-order chi connectivity index (χ0) is 24.1. The number of ether oxygens (including phenoxy) is 2. The van der Waals surface area contributed by atoms with Gasteiger partial charge in [0.05, 0.1) is 26.8 Å². The Balaban J connectivity index is 1.90. The van der Waals surface area contributed by atoms with Gasteiger partial charge in [-0.05, 0) is 84.8 Å². The Morgan fingerprint density at radius 1 is 1.24 bits per heavy atom. The van der Waals surface area contributed by atoms with Crippen molar-refractivity contribution in [2.24, 2.45) is 5.10 Å². The molecule has 1 heterocycles. The predicted octanol–water partition coefficient (Wildman–Crippen LogP) is 5.49. The first-order valence-electron chi connectivity index (χ1n) is 10.6. The third-order valence-corrected chi connectivity index (χ3v) is 6.21. The van der Waals surface area contributed by atoms with E-state index in [9.17, 15) is 9.59 Å². The van der Waals surface area contributed by atoms with Gasteiger partial charge in [0.2, 0.25) is 0 Å². The van der Waals surface area contributed by atoms with Crippen LogP contribution in [0.5, 0.6) is 5.75 Å². The second-order valence-corrected chi connectivity index (χ2v) is 9.90. The van der Waals surface area contributed by atoms with Crippen molar-refractivity contribution < 1.29 is 14.3 Å². The number of hydrogen-bond acceptors (Lipinski definition) is 6. The molecule has 33 heavy (non-hydrogen) atoms. The van der Waals surface area contributed by atoms with Crippen molar-refractivity contribution >= 4 is 61.6 Å². The highest BCUT2D eigenvalue weighted by molar-refractivity contribution is 14.1. The Morgan fingerprint density at radius 3 is 2.67 bits per heavy atom. The molecule has 0 aliphatic carbocycles. The van der Waals surface area contributed by atoms with E-state index in [0.29, 0.717) is 22.5 Å². The van der Waals surface area contributed by atoms with Crippen molar-refractivity contribution in [2.75, 3.05) is 6.61 Å². The van der Waals surface area contributed by atoms with E-state index in [1.165, 1.54) is 4.68 Å². The lowest BCUT2D eigenvalue weighted by Gasteiger charge is -2.14. The van der Waals surface area contributed by atoms with Crippen LogP contribution in [0.25, 0.3) is 10.9 Å². The summed E-state index contributed by atoms with van der Waals surface area (Å²) in [5.74, 6) is 0.832.